The van der Waals surface area contributed by atoms with Crippen molar-refractivity contribution < 1.29 is 14.6 Å². The molecular formula is C16H34O3. The van der Waals surface area contributed by atoms with E-state index in [-0.39, 0.29) is 12.7 Å². The Balaban J connectivity index is 4.28. The molecule has 0 saturated heterocycles. The standard InChI is InChI=1S/C16H34O3/c1-6-9-15(16(5,7-2)8-3)14(4)19-13-12-18-11-10-17/h14-15,17H,6-13H2,1-5H3. The summed E-state index contributed by atoms with van der Waals surface area (Å²) in [6, 6.07) is 0. The number of aliphatic hydroxyl groups is 1. The Hall–Kier alpha value is -0.120. The quantitative estimate of drug-likeness (QED) is 0.552. The molecule has 0 heterocycles. The van der Waals surface area contributed by atoms with Gasteiger partial charge in [0.25, 0.3) is 0 Å². The Morgan fingerprint density at radius 3 is 2.16 bits per heavy atom. The van der Waals surface area contributed by atoms with Crippen LogP contribution < -0.4 is 0 Å². The fourth-order valence-corrected chi connectivity index (χ4v) is 2.81. The first kappa shape index (κ1) is 18.9. The zero-order valence-corrected chi connectivity index (χ0v) is 13.6. The third-order valence-corrected chi connectivity index (χ3v) is 4.52. The molecule has 0 aliphatic heterocycles. The molecule has 0 aliphatic rings. The molecule has 0 radical (unpaired) electrons. The van der Waals surface area contributed by atoms with E-state index in [9.17, 15) is 0 Å². The zero-order chi connectivity index (χ0) is 14.7. The van der Waals surface area contributed by atoms with Crippen LogP contribution in [0.25, 0.3) is 0 Å². The first-order valence-corrected chi connectivity index (χ1v) is 7.85. The van der Waals surface area contributed by atoms with Gasteiger partial charge in [-0.1, -0.05) is 47.0 Å². The average molecular weight is 274 g/mol. The van der Waals surface area contributed by atoms with E-state index in [1.807, 2.05) is 0 Å². The minimum atomic E-state index is 0.0811. The van der Waals surface area contributed by atoms with Gasteiger partial charge in [0.15, 0.2) is 0 Å². The topological polar surface area (TPSA) is 38.7 Å². The summed E-state index contributed by atoms with van der Waals surface area (Å²) < 4.78 is 11.2. The first-order chi connectivity index (χ1) is 9.05. The maximum Gasteiger partial charge on any atom is 0.0704 e. The monoisotopic (exact) mass is 274 g/mol. The van der Waals surface area contributed by atoms with Gasteiger partial charge in [0.05, 0.1) is 32.5 Å². The van der Waals surface area contributed by atoms with Crippen LogP contribution in [0.2, 0.25) is 0 Å². The first-order valence-electron chi connectivity index (χ1n) is 7.85. The highest BCUT2D eigenvalue weighted by Crippen LogP contribution is 2.40. The maximum atomic E-state index is 8.64. The van der Waals surface area contributed by atoms with Gasteiger partial charge in [0, 0.05) is 0 Å². The van der Waals surface area contributed by atoms with Gasteiger partial charge in [-0.05, 0) is 24.7 Å². The molecule has 0 bridgehead atoms. The third-order valence-electron chi connectivity index (χ3n) is 4.52. The highest BCUT2D eigenvalue weighted by molar-refractivity contribution is 4.84. The molecule has 0 amide bonds. The molecule has 3 heteroatoms. The normalized spacial score (nSPS) is 15.5. The Morgan fingerprint density at radius 1 is 1.05 bits per heavy atom. The van der Waals surface area contributed by atoms with E-state index < -0.39 is 0 Å². The molecule has 0 rings (SSSR count). The molecule has 116 valence electrons. The van der Waals surface area contributed by atoms with E-state index in [1.54, 1.807) is 0 Å². The Bertz CT molecular complexity index is 202. The van der Waals surface area contributed by atoms with Gasteiger partial charge >= 0.3 is 0 Å². The second-order valence-electron chi connectivity index (χ2n) is 5.67. The second-order valence-corrected chi connectivity index (χ2v) is 5.67. The average Bonchev–Trinajstić information content (AvgIpc) is 2.43. The van der Waals surface area contributed by atoms with Gasteiger partial charge in [-0.2, -0.15) is 0 Å². The summed E-state index contributed by atoms with van der Waals surface area (Å²) in [5.74, 6) is 0.602. The van der Waals surface area contributed by atoms with Gasteiger partial charge in [0.2, 0.25) is 0 Å². The van der Waals surface area contributed by atoms with Crippen LogP contribution in [0.15, 0.2) is 0 Å². The molecule has 0 aromatic carbocycles. The van der Waals surface area contributed by atoms with Crippen LogP contribution >= 0.6 is 0 Å². The minimum absolute atomic E-state index is 0.0811. The molecule has 0 aliphatic carbocycles. The fourth-order valence-electron chi connectivity index (χ4n) is 2.81. The fraction of sp³-hybridized carbons (Fsp3) is 1.00. The zero-order valence-electron chi connectivity index (χ0n) is 13.6. The van der Waals surface area contributed by atoms with Gasteiger partial charge in [0.1, 0.15) is 0 Å². The summed E-state index contributed by atoms with van der Waals surface area (Å²) >= 11 is 0. The van der Waals surface area contributed by atoms with Crippen molar-refractivity contribution in [1.82, 2.24) is 0 Å². The molecule has 2 unspecified atom stereocenters. The summed E-state index contributed by atoms with van der Waals surface area (Å²) in [6.07, 6.45) is 5.08. The predicted molar refractivity (Wildman–Crippen MR) is 80.4 cm³/mol. The largest absolute Gasteiger partial charge is 0.394 e. The van der Waals surface area contributed by atoms with Crippen molar-refractivity contribution in [1.29, 1.82) is 0 Å². The summed E-state index contributed by atoms with van der Waals surface area (Å²) in [7, 11) is 0. The summed E-state index contributed by atoms with van der Waals surface area (Å²) in [6.45, 7) is 13.0. The smallest absolute Gasteiger partial charge is 0.0704 e. The van der Waals surface area contributed by atoms with E-state index in [0.717, 1.165) is 0 Å². The van der Waals surface area contributed by atoms with Crippen LogP contribution in [0.4, 0.5) is 0 Å². The predicted octanol–water partition coefficient (Wildman–Crippen LogP) is 3.64. The molecule has 19 heavy (non-hydrogen) atoms. The van der Waals surface area contributed by atoms with Crippen molar-refractivity contribution in [3.05, 3.63) is 0 Å². The lowest BCUT2D eigenvalue weighted by Crippen LogP contribution is -2.36. The molecule has 0 spiro atoms. The molecule has 0 aromatic heterocycles. The van der Waals surface area contributed by atoms with Gasteiger partial charge < -0.3 is 14.6 Å². The molecule has 2 atom stereocenters. The molecule has 0 fully saturated rings. The van der Waals surface area contributed by atoms with E-state index in [4.69, 9.17) is 14.6 Å². The summed E-state index contributed by atoms with van der Waals surface area (Å²) in [5, 5.41) is 8.64. The highest BCUT2D eigenvalue weighted by Gasteiger charge is 2.34. The Kier molecular flexibility index (Phi) is 10.6. The molecular weight excluding hydrogens is 240 g/mol. The van der Waals surface area contributed by atoms with E-state index in [1.165, 1.54) is 25.7 Å². The number of hydrogen-bond acceptors (Lipinski definition) is 3. The molecule has 1 N–H and O–H groups in total. The van der Waals surface area contributed by atoms with Crippen molar-refractivity contribution in [3.8, 4) is 0 Å². The van der Waals surface area contributed by atoms with Gasteiger partial charge in [-0.3, -0.25) is 0 Å². The Labute approximate surface area is 119 Å². The van der Waals surface area contributed by atoms with Crippen LogP contribution in [-0.2, 0) is 9.47 Å². The van der Waals surface area contributed by atoms with Gasteiger partial charge in [-0.15, -0.1) is 0 Å². The van der Waals surface area contributed by atoms with Crippen molar-refractivity contribution in [2.24, 2.45) is 11.3 Å². The van der Waals surface area contributed by atoms with Crippen LogP contribution in [0.3, 0.4) is 0 Å². The number of ether oxygens (including phenoxy) is 2. The lowest BCUT2D eigenvalue weighted by atomic mass is 9.69. The van der Waals surface area contributed by atoms with Gasteiger partial charge in [-0.25, -0.2) is 0 Å². The summed E-state index contributed by atoms with van der Waals surface area (Å²) in [4.78, 5) is 0. The maximum absolute atomic E-state index is 8.64. The van der Waals surface area contributed by atoms with Crippen LogP contribution in [0.1, 0.15) is 60.3 Å². The lowest BCUT2D eigenvalue weighted by molar-refractivity contribution is -0.0525. The van der Waals surface area contributed by atoms with E-state index in [2.05, 4.69) is 34.6 Å². The number of aliphatic hydroxyl groups excluding tert-OH is 1. The van der Waals surface area contributed by atoms with Crippen molar-refractivity contribution >= 4 is 0 Å². The summed E-state index contributed by atoms with van der Waals surface area (Å²) in [5.41, 5.74) is 0.362. The van der Waals surface area contributed by atoms with Crippen LogP contribution in [0, 0.1) is 11.3 Å². The lowest BCUT2D eigenvalue weighted by Gasteiger charge is -2.40. The number of rotatable bonds is 12. The van der Waals surface area contributed by atoms with Crippen LogP contribution in [0.5, 0.6) is 0 Å². The van der Waals surface area contributed by atoms with Crippen LogP contribution in [-0.4, -0.2) is 37.6 Å². The van der Waals surface area contributed by atoms with Crippen molar-refractivity contribution in [3.63, 3.8) is 0 Å². The highest BCUT2D eigenvalue weighted by atomic mass is 16.5. The molecule has 0 aromatic rings. The minimum Gasteiger partial charge on any atom is -0.394 e. The Morgan fingerprint density at radius 2 is 1.68 bits per heavy atom. The number of hydrogen-bond donors (Lipinski definition) is 1. The molecule has 3 nitrogen and oxygen atoms in total. The van der Waals surface area contributed by atoms with Crippen molar-refractivity contribution in [2.75, 3.05) is 26.4 Å². The SMILES string of the molecule is CCCC(C(C)OCCOCCO)C(C)(CC)CC. The van der Waals surface area contributed by atoms with E-state index >= 15 is 0 Å². The van der Waals surface area contributed by atoms with Crippen molar-refractivity contribution in [2.45, 2.75) is 66.4 Å². The second kappa shape index (κ2) is 10.6. The molecule has 0 saturated carbocycles. The van der Waals surface area contributed by atoms with E-state index in [0.29, 0.717) is 31.2 Å². The third kappa shape index (κ3) is 6.73.